The van der Waals surface area contributed by atoms with Crippen molar-refractivity contribution in [3.63, 3.8) is 0 Å². The highest BCUT2D eigenvalue weighted by Crippen LogP contribution is 2.30. The van der Waals surface area contributed by atoms with Crippen molar-refractivity contribution in [2.45, 2.75) is 44.3 Å². The van der Waals surface area contributed by atoms with Gasteiger partial charge in [0.2, 0.25) is 5.91 Å². The zero-order chi connectivity index (χ0) is 18.1. The second-order valence-electron chi connectivity index (χ2n) is 7.70. The number of benzene rings is 1. The van der Waals surface area contributed by atoms with Crippen LogP contribution in [-0.4, -0.2) is 37.7 Å². The van der Waals surface area contributed by atoms with Gasteiger partial charge in [0.15, 0.2) is 11.6 Å². The van der Waals surface area contributed by atoms with Crippen LogP contribution >= 0.6 is 0 Å². The average Bonchev–Trinajstić information content (AvgIpc) is 3.37. The molecule has 0 bridgehead atoms. The van der Waals surface area contributed by atoms with Gasteiger partial charge in [0.25, 0.3) is 0 Å². The van der Waals surface area contributed by atoms with Crippen molar-refractivity contribution in [2.24, 2.45) is 11.8 Å². The molecule has 1 amide bonds. The molecule has 7 heteroatoms. The Kier molecular flexibility index (Phi) is 5.11. The normalized spacial score (nSPS) is 29.1. The number of hydrogen-bond donors (Lipinski definition) is 4. The van der Waals surface area contributed by atoms with E-state index in [1.54, 1.807) is 6.07 Å². The average molecular weight is 362 g/mol. The second kappa shape index (κ2) is 7.50. The molecule has 0 spiro atoms. The molecule has 4 rings (SSSR count). The number of hydrogen-bond acceptors (Lipinski definition) is 5. The van der Waals surface area contributed by atoms with Gasteiger partial charge in [-0.15, -0.1) is 0 Å². The van der Waals surface area contributed by atoms with Crippen molar-refractivity contribution >= 4 is 5.91 Å². The van der Waals surface area contributed by atoms with E-state index in [0.29, 0.717) is 18.6 Å². The lowest BCUT2D eigenvalue weighted by molar-refractivity contribution is -0.124. The molecule has 4 N–H and O–H groups in total. The molecule has 2 heterocycles. The van der Waals surface area contributed by atoms with Gasteiger partial charge in [0.1, 0.15) is 6.04 Å². The Morgan fingerprint density at radius 3 is 2.96 bits per heavy atom. The van der Waals surface area contributed by atoms with Gasteiger partial charge in [0, 0.05) is 18.5 Å². The van der Waals surface area contributed by atoms with Crippen LogP contribution in [0.25, 0.3) is 0 Å². The topological polar surface area (TPSA) is 74.4 Å². The van der Waals surface area contributed by atoms with Gasteiger partial charge >= 0.3 is 0 Å². The van der Waals surface area contributed by atoms with Crippen LogP contribution in [0.4, 0.5) is 4.39 Å². The zero-order valence-corrected chi connectivity index (χ0v) is 15.1. The molecule has 0 aromatic heterocycles. The van der Waals surface area contributed by atoms with Crippen molar-refractivity contribution in [1.29, 1.82) is 0 Å². The van der Waals surface area contributed by atoms with E-state index in [4.69, 9.17) is 4.74 Å². The van der Waals surface area contributed by atoms with Crippen molar-refractivity contribution in [3.05, 3.63) is 29.6 Å². The van der Waals surface area contributed by atoms with Gasteiger partial charge in [-0.3, -0.25) is 10.2 Å². The number of nitrogens with one attached hydrogen (secondary N) is 4. The largest absolute Gasteiger partial charge is 0.490 e. The van der Waals surface area contributed by atoms with Crippen molar-refractivity contribution < 1.29 is 13.9 Å². The zero-order valence-electron chi connectivity index (χ0n) is 15.1. The minimum atomic E-state index is -0.374. The van der Waals surface area contributed by atoms with Gasteiger partial charge in [-0.25, -0.2) is 9.82 Å². The van der Waals surface area contributed by atoms with Crippen LogP contribution in [0.5, 0.6) is 5.75 Å². The number of carbonyl (C=O) groups excluding carboxylic acids is 1. The van der Waals surface area contributed by atoms with Crippen LogP contribution in [0.15, 0.2) is 18.2 Å². The van der Waals surface area contributed by atoms with Gasteiger partial charge in [-0.05, 0) is 56.3 Å². The minimum Gasteiger partial charge on any atom is -0.490 e. The Hall–Kier alpha value is -1.70. The molecule has 142 valence electrons. The summed E-state index contributed by atoms with van der Waals surface area (Å²) in [6.45, 7) is 4.24. The summed E-state index contributed by atoms with van der Waals surface area (Å²) in [5, 5.41) is 6.34. The molecule has 3 aliphatic rings. The number of ether oxygens (including phenoxy) is 1. The van der Waals surface area contributed by atoms with Crippen LogP contribution in [0.3, 0.4) is 0 Å². The van der Waals surface area contributed by atoms with E-state index in [1.165, 1.54) is 18.9 Å². The Morgan fingerprint density at radius 1 is 1.35 bits per heavy atom. The summed E-state index contributed by atoms with van der Waals surface area (Å²) in [4.78, 5) is 12.7. The highest BCUT2D eigenvalue weighted by atomic mass is 19.1. The number of halogens is 1. The Bertz CT molecular complexity index is 667. The SMILES string of the molecule is CC(NC(=O)C1NNC2CCNCC21)c1ccc(OCC2CC2)c(F)c1. The number of rotatable bonds is 6. The number of fused-ring (bicyclic) bond motifs is 1. The Labute approximate surface area is 153 Å². The molecule has 2 saturated heterocycles. The number of carbonyl (C=O) groups is 1. The predicted molar refractivity (Wildman–Crippen MR) is 96.0 cm³/mol. The fourth-order valence-corrected chi connectivity index (χ4v) is 3.76. The van der Waals surface area contributed by atoms with Crippen molar-refractivity contribution in [3.8, 4) is 5.75 Å². The Balaban J connectivity index is 1.35. The summed E-state index contributed by atoms with van der Waals surface area (Å²) in [5.74, 6) is 0.665. The maximum absolute atomic E-state index is 14.3. The highest BCUT2D eigenvalue weighted by Gasteiger charge is 2.41. The van der Waals surface area contributed by atoms with Gasteiger partial charge in [-0.1, -0.05) is 6.07 Å². The smallest absolute Gasteiger partial charge is 0.239 e. The third kappa shape index (κ3) is 3.84. The molecule has 26 heavy (non-hydrogen) atoms. The molecule has 4 atom stereocenters. The minimum absolute atomic E-state index is 0.0596. The first-order chi connectivity index (χ1) is 12.6. The summed E-state index contributed by atoms with van der Waals surface area (Å²) in [6.07, 6.45) is 3.35. The van der Waals surface area contributed by atoms with Crippen LogP contribution < -0.4 is 26.2 Å². The first-order valence-electron chi connectivity index (χ1n) is 9.56. The number of hydrazine groups is 1. The summed E-state index contributed by atoms with van der Waals surface area (Å²) in [5.41, 5.74) is 7.07. The van der Waals surface area contributed by atoms with Gasteiger partial charge < -0.3 is 15.4 Å². The molecular formula is C19H27FN4O2. The Morgan fingerprint density at radius 2 is 2.19 bits per heavy atom. The van der Waals surface area contributed by atoms with E-state index >= 15 is 0 Å². The maximum Gasteiger partial charge on any atom is 0.239 e. The maximum atomic E-state index is 14.3. The van der Waals surface area contributed by atoms with E-state index in [0.717, 1.165) is 25.1 Å². The van der Waals surface area contributed by atoms with Crippen molar-refractivity contribution in [2.75, 3.05) is 19.7 Å². The fraction of sp³-hybridized carbons (Fsp3) is 0.632. The lowest BCUT2D eigenvalue weighted by Crippen LogP contribution is -2.49. The van der Waals surface area contributed by atoms with Gasteiger partial charge in [0.05, 0.1) is 12.6 Å². The molecule has 1 aromatic rings. The molecule has 4 unspecified atom stereocenters. The molecule has 1 aliphatic carbocycles. The monoisotopic (exact) mass is 362 g/mol. The molecule has 1 saturated carbocycles. The first kappa shape index (κ1) is 17.7. The summed E-state index contributed by atoms with van der Waals surface area (Å²) < 4.78 is 19.8. The fourth-order valence-electron chi connectivity index (χ4n) is 3.76. The summed E-state index contributed by atoms with van der Waals surface area (Å²) >= 11 is 0. The second-order valence-corrected chi connectivity index (χ2v) is 7.70. The predicted octanol–water partition coefficient (Wildman–Crippen LogP) is 1.25. The van der Waals surface area contributed by atoms with E-state index in [2.05, 4.69) is 21.5 Å². The van der Waals surface area contributed by atoms with Gasteiger partial charge in [-0.2, -0.15) is 0 Å². The quantitative estimate of drug-likeness (QED) is 0.613. The summed E-state index contributed by atoms with van der Waals surface area (Å²) in [6, 6.07) is 4.71. The van der Waals surface area contributed by atoms with E-state index in [-0.39, 0.29) is 35.5 Å². The number of piperidine rings is 1. The molecule has 2 aliphatic heterocycles. The molecular weight excluding hydrogens is 335 g/mol. The lowest BCUT2D eigenvalue weighted by Gasteiger charge is -2.28. The highest BCUT2D eigenvalue weighted by molar-refractivity contribution is 5.83. The molecule has 6 nitrogen and oxygen atoms in total. The van der Waals surface area contributed by atoms with Crippen molar-refractivity contribution in [1.82, 2.24) is 21.5 Å². The number of amides is 1. The van der Waals surface area contributed by atoms with E-state index in [9.17, 15) is 9.18 Å². The molecule has 3 fully saturated rings. The lowest BCUT2D eigenvalue weighted by atomic mass is 9.89. The third-order valence-corrected chi connectivity index (χ3v) is 5.65. The molecule has 0 radical (unpaired) electrons. The molecule has 1 aromatic carbocycles. The third-order valence-electron chi connectivity index (χ3n) is 5.65. The standard InChI is InChI=1S/C19H27FN4O2/c1-11(13-4-5-17(15(20)8-13)26-10-12-2-3-12)22-19(25)18-14-9-21-7-6-16(14)23-24-18/h4-5,8,11-12,14,16,18,21,23-24H,2-3,6-7,9-10H2,1H3,(H,22,25). The van der Waals surface area contributed by atoms with Crippen LogP contribution in [0, 0.1) is 17.7 Å². The van der Waals surface area contributed by atoms with E-state index < -0.39 is 0 Å². The van der Waals surface area contributed by atoms with E-state index in [1.807, 2.05) is 13.0 Å². The van der Waals surface area contributed by atoms with Crippen LogP contribution in [0.1, 0.15) is 37.8 Å². The van der Waals surface area contributed by atoms with Crippen LogP contribution in [-0.2, 0) is 4.79 Å². The summed E-state index contributed by atoms with van der Waals surface area (Å²) in [7, 11) is 0. The first-order valence-corrected chi connectivity index (χ1v) is 9.56. The van der Waals surface area contributed by atoms with Crippen LogP contribution in [0.2, 0.25) is 0 Å².